The van der Waals surface area contributed by atoms with Crippen molar-refractivity contribution in [3.63, 3.8) is 0 Å². The van der Waals surface area contributed by atoms with Gasteiger partial charge in [0.1, 0.15) is 0 Å². The van der Waals surface area contributed by atoms with E-state index < -0.39 is 6.10 Å². The molecule has 0 heterocycles. The van der Waals surface area contributed by atoms with Crippen molar-refractivity contribution in [1.82, 2.24) is 5.32 Å². The van der Waals surface area contributed by atoms with E-state index in [-0.39, 0.29) is 12.4 Å². The van der Waals surface area contributed by atoms with Crippen molar-refractivity contribution in [3.8, 4) is 11.8 Å². The van der Waals surface area contributed by atoms with E-state index in [0.29, 0.717) is 13.2 Å². The summed E-state index contributed by atoms with van der Waals surface area (Å²) < 4.78 is 4.71. The molecule has 0 aliphatic carbocycles. The maximum Gasteiger partial charge on any atom is 0.308 e. The van der Waals surface area contributed by atoms with Crippen LogP contribution in [0.15, 0.2) is 0 Å². The lowest BCUT2D eigenvalue weighted by Gasteiger charge is -2.10. The molecule has 2 N–H and O–H groups in total. The summed E-state index contributed by atoms with van der Waals surface area (Å²) in [5, 5.41) is 12.4. The molecule has 0 aliphatic heterocycles. The third-order valence-corrected chi connectivity index (χ3v) is 1.69. The summed E-state index contributed by atoms with van der Waals surface area (Å²) in [6.45, 7) is 5.00. The van der Waals surface area contributed by atoms with Gasteiger partial charge in [0, 0.05) is 19.5 Å². The molecule has 0 aromatic rings. The lowest BCUT2D eigenvalue weighted by molar-refractivity contribution is -0.145. The fourth-order valence-corrected chi connectivity index (χ4v) is 1.03. The van der Waals surface area contributed by atoms with Crippen LogP contribution in [0.4, 0.5) is 0 Å². The number of carbonyl (C=O) groups excluding carboxylic acids is 1. The molecule has 0 amide bonds. The molecule has 0 radical (unpaired) electrons. The van der Waals surface area contributed by atoms with Gasteiger partial charge >= 0.3 is 5.97 Å². The van der Waals surface area contributed by atoms with Gasteiger partial charge in [-0.2, -0.15) is 0 Å². The lowest BCUT2D eigenvalue weighted by atomic mass is 10.2. The first-order chi connectivity index (χ1) is 7.20. The number of carbonyl (C=O) groups is 1. The van der Waals surface area contributed by atoms with E-state index in [1.807, 2.05) is 0 Å². The Morgan fingerprint density at radius 3 is 2.93 bits per heavy atom. The minimum atomic E-state index is -0.682. The first kappa shape index (κ1) is 13.9. The molecule has 0 aromatic heterocycles. The highest BCUT2D eigenvalue weighted by atomic mass is 16.5. The molecule has 4 heteroatoms. The van der Waals surface area contributed by atoms with Crippen molar-refractivity contribution < 1.29 is 14.6 Å². The highest BCUT2D eigenvalue weighted by molar-refractivity contribution is 5.69. The zero-order valence-electron chi connectivity index (χ0n) is 9.38. The van der Waals surface area contributed by atoms with E-state index >= 15 is 0 Å². The lowest BCUT2D eigenvalue weighted by Crippen LogP contribution is -2.29. The highest BCUT2D eigenvalue weighted by Crippen LogP contribution is 1.93. The minimum Gasteiger partial charge on any atom is -0.466 e. The average molecular weight is 213 g/mol. The molecule has 0 aromatic carbocycles. The van der Waals surface area contributed by atoms with E-state index in [0.717, 1.165) is 13.0 Å². The van der Waals surface area contributed by atoms with Gasteiger partial charge in [0.15, 0.2) is 0 Å². The Balaban J connectivity index is 3.42. The van der Waals surface area contributed by atoms with Gasteiger partial charge in [0.2, 0.25) is 0 Å². The number of rotatable bonds is 7. The number of hydrogen-bond acceptors (Lipinski definition) is 4. The van der Waals surface area contributed by atoms with E-state index in [2.05, 4.69) is 17.2 Å². The SMILES string of the molecule is CC#CCCNCC(O)CC(=O)OCC. The van der Waals surface area contributed by atoms with Crippen molar-refractivity contribution in [1.29, 1.82) is 0 Å². The van der Waals surface area contributed by atoms with Crippen molar-refractivity contribution in [2.24, 2.45) is 0 Å². The summed E-state index contributed by atoms with van der Waals surface area (Å²) in [7, 11) is 0. The molecule has 0 saturated carbocycles. The van der Waals surface area contributed by atoms with Crippen LogP contribution in [0.25, 0.3) is 0 Å². The summed E-state index contributed by atoms with van der Waals surface area (Å²) in [6, 6.07) is 0. The molecule has 4 nitrogen and oxygen atoms in total. The predicted molar refractivity (Wildman–Crippen MR) is 58.2 cm³/mol. The molecule has 15 heavy (non-hydrogen) atoms. The standard InChI is InChI=1S/C11H19NO3/c1-3-5-6-7-12-9-10(13)8-11(14)15-4-2/h10,12-13H,4,6-9H2,1-2H3. The molecule has 0 bridgehead atoms. The highest BCUT2D eigenvalue weighted by Gasteiger charge is 2.10. The monoisotopic (exact) mass is 213 g/mol. The Kier molecular flexibility index (Phi) is 8.84. The van der Waals surface area contributed by atoms with Gasteiger partial charge in [-0.05, 0) is 13.8 Å². The van der Waals surface area contributed by atoms with Crippen LogP contribution < -0.4 is 5.32 Å². The molecular formula is C11H19NO3. The first-order valence-corrected chi connectivity index (χ1v) is 5.14. The molecule has 0 saturated heterocycles. The van der Waals surface area contributed by atoms with Crippen LogP contribution in [0.3, 0.4) is 0 Å². The Bertz CT molecular complexity index is 230. The summed E-state index contributed by atoms with van der Waals surface area (Å²) in [6.07, 6.45) is 0.113. The summed E-state index contributed by atoms with van der Waals surface area (Å²) in [5.41, 5.74) is 0. The van der Waals surface area contributed by atoms with Crippen molar-refractivity contribution >= 4 is 5.97 Å². The zero-order valence-corrected chi connectivity index (χ0v) is 9.38. The number of nitrogens with one attached hydrogen (secondary N) is 1. The molecular weight excluding hydrogens is 194 g/mol. The van der Waals surface area contributed by atoms with Crippen LogP contribution >= 0.6 is 0 Å². The van der Waals surface area contributed by atoms with E-state index in [9.17, 15) is 9.90 Å². The zero-order chi connectivity index (χ0) is 11.5. The van der Waals surface area contributed by atoms with Gasteiger partial charge in [-0.3, -0.25) is 4.79 Å². The summed E-state index contributed by atoms with van der Waals surface area (Å²) in [4.78, 5) is 11.0. The Morgan fingerprint density at radius 2 is 2.33 bits per heavy atom. The van der Waals surface area contributed by atoms with E-state index in [1.165, 1.54) is 0 Å². The molecule has 0 rings (SSSR count). The van der Waals surface area contributed by atoms with Crippen LogP contribution in [0.2, 0.25) is 0 Å². The fourth-order valence-electron chi connectivity index (χ4n) is 1.03. The quantitative estimate of drug-likeness (QED) is 0.363. The fraction of sp³-hybridized carbons (Fsp3) is 0.727. The minimum absolute atomic E-state index is 0.0420. The van der Waals surface area contributed by atoms with E-state index in [4.69, 9.17) is 4.74 Å². The number of ether oxygens (including phenoxy) is 1. The first-order valence-electron chi connectivity index (χ1n) is 5.14. The van der Waals surface area contributed by atoms with Gasteiger partial charge in [-0.15, -0.1) is 11.8 Å². The summed E-state index contributed by atoms with van der Waals surface area (Å²) >= 11 is 0. The van der Waals surface area contributed by atoms with Crippen molar-refractivity contribution in [2.75, 3.05) is 19.7 Å². The normalized spacial score (nSPS) is 11.4. The molecule has 1 atom stereocenters. The molecule has 0 aliphatic rings. The molecule has 86 valence electrons. The van der Waals surface area contributed by atoms with Gasteiger partial charge in [-0.25, -0.2) is 0 Å². The number of hydrogen-bond donors (Lipinski definition) is 2. The molecule has 0 fully saturated rings. The maximum atomic E-state index is 11.0. The van der Waals surface area contributed by atoms with Crippen molar-refractivity contribution in [2.45, 2.75) is 32.8 Å². The second kappa shape index (κ2) is 9.50. The number of esters is 1. The Labute approximate surface area is 91.0 Å². The second-order valence-electron chi connectivity index (χ2n) is 3.04. The third kappa shape index (κ3) is 9.26. The maximum absolute atomic E-state index is 11.0. The Morgan fingerprint density at radius 1 is 1.60 bits per heavy atom. The largest absolute Gasteiger partial charge is 0.466 e. The second-order valence-corrected chi connectivity index (χ2v) is 3.04. The van der Waals surface area contributed by atoms with Gasteiger partial charge in [0.25, 0.3) is 0 Å². The van der Waals surface area contributed by atoms with Gasteiger partial charge < -0.3 is 15.2 Å². The molecule has 1 unspecified atom stereocenters. The van der Waals surface area contributed by atoms with Crippen LogP contribution in [0, 0.1) is 11.8 Å². The van der Waals surface area contributed by atoms with Crippen LogP contribution in [0.5, 0.6) is 0 Å². The third-order valence-electron chi connectivity index (χ3n) is 1.69. The van der Waals surface area contributed by atoms with Gasteiger partial charge in [-0.1, -0.05) is 0 Å². The topological polar surface area (TPSA) is 58.6 Å². The number of aliphatic hydroxyl groups is 1. The average Bonchev–Trinajstić information content (AvgIpc) is 2.17. The predicted octanol–water partition coefficient (Wildman–Crippen LogP) is 0.303. The van der Waals surface area contributed by atoms with Crippen molar-refractivity contribution in [3.05, 3.63) is 0 Å². The molecule has 0 spiro atoms. The number of aliphatic hydroxyl groups excluding tert-OH is 1. The van der Waals surface area contributed by atoms with Crippen LogP contribution in [0.1, 0.15) is 26.7 Å². The van der Waals surface area contributed by atoms with E-state index in [1.54, 1.807) is 13.8 Å². The Hall–Kier alpha value is -1.05. The van der Waals surface area contributed by atoms with Crippen LogP contribution in [-0.2, 0) is 9.53 Å². The summed E-state index contributed by atoms with van der Waals surface area (Å²) in [5.74, 6) is 5.31. The van der Waals surface area contributed by atoms with Crippen LogP contribution in [-0.4, -0.2) is 36.9 Å². The van der Waals surface area contributed by atoms with Gasteiger partial charge in [0.05, 0.1) is 19.1 Å². The smallest absolute Gasteiger partial charge is 0.308 e.